The first kappa shape index (κ1) is 32.0. The fourth-order valence-electron chi connectivity index (χ4n) is 6.74. The third-order valence-electron chi connectivity index (χ3n) is 8.90. The van der Waals surface area contributed by atoms with E-state index in [0.29, 0.717) is 34.8 Å². The van der Waals surface area contributed by atoms with Gasteiger partial charge in [-0.2, -0.15) is 18.4 Å². The number of benzene rings is 2. The monoisotopic (exact) mass is 655 g/mol. The number of nitriles is 1. The van der Waals surface area contributed by atoms with Gasteiger partial charge in [-0.1, -0.05) is 12.0 Å². The van der Waals surface area contributed by atoms with Crippen LogP contribution in [0.3, 0.4) is 0 Å². The molecule has 9 nitrogen and oxygen atoms in total. The lowest BCUT2D eigenvalue weighted by atomic mass is 9.87. The Kier molecular flexibility index (Phi) is 9.10. The van der Waals surface area contributed by atoms with Crippen LogP contribution in [0.25, 0.3) is 10.9 Å². The van der Waals surface area contributed by atoms with Crippen molar-refractivity contribution >= 4 is 32.1 Å². The highest BCUT2D eigenvalue weighted by atomic mass is 32.2. The number of hydrogen-bond acceptors (Lipinski definition) is 8. The Hall–Kier alpha value is -3.91. The number of rotatable bonds is 9. The van der Waals surface area contributed by atoms with Crippen molar-refractivity contribution in [2.75, 3.05) is 43.1 Å². The first-order valence-electron chi connectivity index (χ1n) is 15.4. The molecule has 2 N–H and O–H groups in total. The summed E-state index contributed by atoms with van der Waals surface area (Å²) in [5.74, 6) is 5.93. The average Bonchev–Trinajstić information content (AvgIpc) is 3.34. The Morgan fingerprint density at radius 1 is 1.07 bits per heavy atom. The number of fused-ring (bicyclic) bond motifs is 3. The number of nitrogens with one attached hydrogen (secondary N) is 2. The predicted octanol–water partition coefficient (Wildman–Crippen LogP) is 5.17. The van der Waals surface area contributed by atoms with Crippen molar-refractivity contribution in [1.82, 2.24) is 9.47 Å². The molecule has 0 spiro atoms. The zero-order chi connectivity index (χ0) is 32.5. The highest BCUT2D eigenvalue weighted by Gasteiger charge is 2.41. The fourth-order valence-corrected chi connectivity index (χ4v) is 7.37. The SMILES string of the molecule is CS(=O)(=O)c1ccc(NCC#Cc2cc3c(NC4CCC(N5C[C@@H]6C[C@@H](C5)O6)CC4)cccc3n2CC(F)(F)F)c(OCC#N)c1. The van der Waals surface area contributed by atoms with E-state index in [4.69, 9.17) is 14.7 Å². The molecule has 46 heavy (non-hydrogen) atoms. The van der Waals surface area contributed by atoms with E-state index in [-0.39, 0.29) is 35.5 Å². The van der Waals surface area contributed by atoms with Gasteiger partial charge < -0.3 is 24.7 Å². The van der Waals surface area contributed by atoms with Gasteiger partial charge in [0.1, 0.15) is 18.4 Å². The fraction of sp³-hybridized carbons (Fsp3) is 0.485. The van der Waals surface area contributed by atoms with Crippen LogP contribution in [0.4, 0.5) is 24.5 Å². The molecule has 2 bridgehead atoms. The van der Waals surface area contributed by atoms with Gasteiger partial charge in [-0.05, 0) is 61.9 Å². The van der Waals surface area contributed by atoms with Crippen molar-refractivity contribution < 1.29 is 31.1 Å². The molecule has 13 heteroatoms. The van der Waals surface area contributed by atoms with Gasteiger partial charge in [0.2, 0.25) is 0 Å². The molecule has 1 aromatic heterocycles. The van der Waals surface area contributed by atoms with E-state index in [1.807, 2.05) is 12.1 Å². The number of aromatic nitrogens is 1. The summed E-state index contributed by atoms with van der Waals surface area (Å²) in [5, 5.41) is 16.2. The average molecular weight is 656 g/mol. The molecule has 0 amide bonds. The van der Waals surface area contributed by atoms with Crippen LogP contribution < -0.4 is 15.4 Å². The summed E-state index contributed by atoms with van der Waals surface area (Å²) >= 11 is 0. The maximum absolute atomic E-state index is 13.7. The van der Waals surface area contributed by atoms with Gasteiger partial charge in [0.15, 0.2) is 16.4 Å². The number of ether oxygens (including phenoxy) is 2. The van der Waals surface area contributed by atoms with Crippen LogP contribution in [0.1, 0.15) is 37.8 Å². The topological polar surface area (TPSA) is 109 Å². The molecule has 0 unspecified atom stereocenters. The minimum atomic E-state index is -4.45. The predicted molar refractivity (Wildman–Crippen MR) is 169 cm³/mol. The maximum Gasteiger partial charge on any atom is 0.406 e. The quantitative estimate of drug-likeness (QED) is 0.304. The van der Waals surface area contributed by atoms with E-state index in [0.717, 1.165) is 50.7 Å². The highest BCUT2D eigenvalue weighted by Crippen LogP contribution is 2.35. The minimum absolute atomic E-state index is 0.0274. The molecular formula is C33H36F3N5O4S. The van der Waals surface area contributed by atoms with Gasteiger partial charge in [-0.3, -0.25) is 4.90 Å². The third kappa shape index (κ3) is 7.38. The van der Waals surface area contributed by atoms with Crippen molar-refractivity contribution in [2.45, 2.75) is 74.0 Å². The summed E-state index contributed by atoms with van der Waals surface area (Å²) in [6, 6.07) is 13.9. The largest absolute Gasteiger partial charge is 0.477 e. The smallest absolute Gasteiger partial charge is 0.406 e. The molecule has 2 atom stereocenters. The zero-order valence-electron chi connectivity index (χ0n) is 25.4. The Balaban J connectivity index is 1.17. The van der Waals surface area contributed by atoms with Crippen LogP contribution in [-0.4, -0.2) is 80.8 Å². The normalized spacial score (nSPS) is 23.1. The molecule has 3 aliphatic heterocycles. The molecule has 4 fully saturated rings. The van der Waals surface area contributed by atoms with E-state index < -0.39 is 22.6 Å². The van der Waals surface area contributed by atoms with Crippen molar-refractivity contribution in [3.63, 3.8) is 0 Å². The summed E-state index contributed by atoms with van der Waals surface area (Å²) in [6.07, 6.45) is 2.69. The van der Waals surface area contributed by atoms with Crippen LogP contribution in [0.5, 0.6) is 5.75 Å². The third-order valence-corrected chi connectivity index (χ3v) is 10.0. The van der Waals surface area contributed by atoms with E-state index >= 15 is 0 Å². The number of piperidine rings is 1. The van der Waals surface area contributed by atoms with Crippen LogP contribution >= 0.6 is 0 Å². The molecule has 3 aromatic rings. The summed E-state index contributed by atoms with van der Waals surface area (Å²) in [6.45, 7) is 0.584. The molecule has 4 heterocycles. The number of alkyl halides is 3. The lowest BCUT2D eigenvalue weighted by Crippen LogP contribution is -2.60. The van der Waals surface area contributed by atoms with Crippen LogP contribution in [0, 0.1) is 23.2 Å². The van der Waals surface area contributed by atoms with Crippen molar-refractivity contribution in [1.29, 1.82) is 5.26 Å². The molecular weight excluding hydrogens is 619 g/mol. The lowest BCUT2D eigenvalue weighted by molar-refractivity contribution is -0.189. The van der Waals surface area contributed by atoms with Gasteiger partial charge >= 0.3 is 6.18 Å². The molecule has 4 aliphatic rings. The molecule has 3 saturated heterocycles. The van der Waals surface area contributed by atoms with E-state index in [1.54, 1.807) is 18.2 Å². The lowest BCUT2D eigenvalue weighted by Gasteiger charge is -2.50. The number of hydrogen-bond donors (Lipinski definition) is 2. The molecule has 1 saturated carbocycles. The molecule has 0 radical (unpaired) electrons. The molecule has 2 aromatic carbocycles. The van der Waals surface area contributed by atoms with E-state index in [1.165, 1.54) is 29.2 Å². The van der Waals surface area contributed by atoms with Crippen molar-refractivity contribution in [3.8, 4) is 23.7 Å². The standard InChI is InChI=1S/C33H36F3N5O4S/c1-46(42,43)27-11-12-30(32(18-27)44-15-13-37)38-14-3-4-24-16-28-29(5-2-6-31(28)41(24)21-33(34,35)36)39-22-7-9-23(10-8-22)40-19-25-17-26(20-40)45-25/h2,5-6,11-12,16,18,22-23,25-26,38-39H,7-10,14-15,17,19-21H2,1H3/t22?,23?,25-,26-/m0/s1. The summed E-state index contributed by atoms with van der Waals surface area (Å²) in [5.41, 5.74) is 1.87. The molecule has 7 rings (SSSR count). The van der Waals surface area contributed by atoms with Gasteiger partial charge in [0, 0.05) is 55.0 Å². The number of nitrogens with zero attached hydrogens (tertiary/aromatic N) is 3. The Morgan fingerprint density at radius 2 is 1.80 bits per heavy atom. The highest BCUT2D eigenvalue weighted by molar-refractivity contribution is 7.90. The first-order valence-corrected chi connectivity index (χ1v) is 17.3. The van der Waals surface area contributed by atoms with Gasteiger partial charge in [0.05, 0.1) is 40.5 Å². The molecule has 244 valence electrons. The number of halogens is 3. The zero-order valence-corrected chi connectivity index (χ0v) is 26.3. The second kappa shape index (κ2) is 13.1. The number of morpholine rings is 1. The first-order chi connectivity index (χ1) is 22.0. The van der Waals surface area contributed by atoms with Gasteiger partial charge in [-0.25, -0.2) is 8.42 Å². The summed E-state index contributed by atoms with van der Waals surface area (Å²) < 4.78 is 77.4. The van der Waals surface area contributed by atoms with Crippen molar-refractivity contribution in [3.05, 3.63) is 48.2 Å². The second-order valence-corrected chi connectivity index (χ2v) is 14.2. The van der Waals surface area contributed by atoms with Crippen LogP contribution in [-0.2, 0) is 21.1 Å². The number of sulfone groups is 1. The van der Waals surface area contributed by atoms with Crippen LogP contribution in [0.15, 0.2) is 47.4 Å². The van der Waals surface area contributed by atoms with Gasteiger partial charge in [-0.15, -0.1) is 0 Å². The summed E-state index contributed by atoms with van der Waals surface area (Å²) in [7, 11) is -3.51. The maximum atomic E-state index is 13.7. The second-order valence-electron chi connectivity index (χ2n) is 12.2. The Morgan fingerprint density at radius 3 is 2.48 bits per heavy atom. The number of anilines is 2. The Labute approximate surface area is 266 Å². The Bertz CT molecular complexity index is 1780. The van der Waals surface area contributed by atoms with E-state index in [2.05, 4.69) is 27.4 Å². The van der Waals surface area contributed by atoms with Gasteiger partial charge in [0.25, 0.3) is 0 Å². The van der Waals surface area contributed by atoms with Crippen molar-refractivity contribution in [2.24, 2.45) is 0 Å². The van der Waals surface area contributed by atoms with E-state index in [9.17, 15) is 21.6 Å². The summed E-state index contributed by atoms with van der Waals surface area (Å²) in [4.78, 5) is 2.60. The van der Waals surface area contributed by atoms with Crippen LogP contribution in [0.2, 0.25) is 0 Å². The molecule has 1 aliphatic carbocycles. The minimum Gasteiger partial charge on any atom is -0.477 e.